The lowest BCUT2D eigenvalue weighted by molar-refractivity contribution is -0.150. The minimum absolute atomic E-state index is 0.0720. The number of carbonyl (C=O) groups is 2. The minimum atomic E-state index is -3.14. The second-order valence-corrected chi connectivity index (χ2v) is 5.32. The zero-order chi connectivity index (χ0) is 16.5. The standard InChI is InChI=1S/C14H26F2N2O3/c1-3-6-10(7-4-2)11(19)18-9-5-8-14(17,12(15)16)13(20)21/h10,12H,3-9,17H2,1-2H3,(H,18,19)(H,20,21). The molecule has 5 nitrogen and oxygen atoms in total. The van der Waals surface area contributed by atoms with Crippen molar-refractivity contribution < 1.29 is 23.5 Å². The Morgan fingerprint density at radius 2 is 1.76 bits per heavy atom. The molecule has 1 atom stereocenters. The van der Waals surface area contributed by atoms with E-state index in [0.29, 0.717) is 0 Å². The van der Waals surface area contributed by atoms with Gasteiger partial charge in [0.2, 0.25) is 5.91 Å². The van der Waals surface area contributed by atoms with Gasteiger partial charge in [0.1, 0.15) is 0 Å². The van der Waals surface area contributed by atoms with Gasteiger partial charge in [-0.25, -0.2) is 13.6 Å². The first-order chi connectivity index (χ1) is 9.79. The fourth-order valence-corrected chi connectivity index (χ4v) is 2.15. The quantitative estimate of drug-likeness (QED) is 0.510. The molecule has 7 heteroatoms. The van der Waals surface area contributed by atoms with E-state index in [2.05, 4.69) is 5.32 Å². The molecule has 0 saturated heterocycles. The molecule has 0 aliphatic heterocycles. The number of halogens is 2. The number of carboxylic acids is 1. The number of hydrogen-bond acceptors (Lipinski definition) is 3. The lowest BCUT2D eigenvalue weighted by Crippen LogP contribution is -2.54. The van der Waals surface area contributed by atoms with Crippen LogP contribution in [0.25, 0.3) is 0 Å². The van der Waals surface area contributed by atoms with Gasteiger partial charge < -0.3 is 16.2 Å². The predicted molar refractivity (Wildman–Crippen MR) is 76.1 cm³/mol. The van der Waals surface area contributed by atoms with Crippen LogP contribution in [0.3, 0.4) is 0 Å². The number of nitrogens with one attached hydrogen (secondary N) is 1. The molecule has 1 unspecified atom stereocenters. The Bertz CT molecular complexity index is 334. The maximum absolute atomic E-state index is 12.7. The molecule has 0 fully saturated rings. The third-order valence-electron chi connectivity index (χ3n) is 3.50. The van der Waals surface area contributed by atoms with Gasteiger partial charge in [0, 0.05) is 12.5 Å². The molecule has 0 spiro atoms. The number of nitrogens with two attached hydrogens (primary N) is 1. The van der Waals surface area contributed by atoms with Crippen molar-refractivity contribution in [3.8, 4) is 0 Å². The molecule has 124 valence electrons. The third-order valence-corrected chi connectivity index (χ3v) is 3.50. The summed E-state index contributed by atoms with van der Waals surface area (Å²) in [5, 5.41) is 11.4. The summed E-state index contributed by atoms with van der Waals surface area (Å²) in [7, 11) is 0. The number of rotatable bonds is 11. The fourth-order valence-electron chi connectivity index (χ4n) is 2.15. The number of hydrogen-bond donors (Lipinski definition) is 3. The number of carbonyl (C=O) groups excluding carboxylic acids is 1. The summed E-state index contributed by atoms with van der Waals surface area (Å²) in [4.78, 5) is 22.7. The van der Waals surface area contributed by atoms with Crippen LogP contribution in [-0.2, 0) is 9.59 Å². The van der Waals surface area contributed by atoms with Gasteiger partial charge in [-0.3, -0.25) is 4.79 Å². The summed E-state index contributed by atoms with van der Waals surface area (Å²) in [5.41, 5.74) is 2.65. The molecule has 0 rings (SSSR count). The van der Waals surface area contributed by atoms with Crippen LogP contribution in [0.5, 0.6) is 0 Å². The zero-order valence-electron chi connectivity index (χ0n) is 12.7. The largest absolute Gasteiger partial charge is 0.480 e. The highest BCUT2D eigenvalue weighted by Crippen LogP contribution is 2.19. The van der Waals surface area contributed by atoms with Crippen LogP contribution < -0.4 is 11.1 Å². The molecule has 0 aromatic heterocycles. The van der Waals surface area contributed by atoms with Crippen molar-refractivity contribution >= 4 is 11.9 Å². The van der Waals surface area contributed by atoms with E-state index in [4.69, 9.17) is 10.8 Å². The highest BCUT2D eigenvalue weighted by Gasteiger charge is 2.43. The van der Waals surface area contributed by atoms with E-state index in [1.54, 1.807) is 0 Å². The lowest BCUT2D eigenvalue weighted by Gasteiger charge is -2.23. The molecule has 0 aromatic carbocycles. The topological polar surface area (TPSA) is 92.4 Å². The summed E-state index contributed by atoms with van der Waals surface area (Å²) in [6, 6.07) is 0. The summed E-state index contributed by atoms with van der Waals surface area (Å²) < 4.78 is 25.3. The van der Waals surface area contributed by atoms with Gasteiger partial charge in [0.15, 0.2) is 5.54 Å². The lowest BCUT2D eigenvalue weighted by atomic mass is 9.95. The number of alkyl halides is 2. The van der Waals surface area contributed by atoms with Crippen LogP contribution in [0.1, 0.15) is 52.4 Å². The van der Waals surface area contributed by atoms with Gasteiger partial charge in [-0.2, -0.15) is 0 Å². The maximum Gasteiger partial charge on any atom is 0.329 e. The Kier molecular flexibility index (Phi) is 9.08. The highest BCUT2D eigenvalue weighted by molar-refractivity contribution is 5.79. The molecule has 0 saturated carbocycles. The van der Waals surface area contributed by atoms with Crippen molar-refractivity contribution in [3.05, 3.63) is 0 Å². The van der Waals surface area contributed by atoms with E-state index >= 15 is 0 Å². The Morgan fingerprint density at radius 1 is 1.24 bits per heavy atom. The van der Waals surface area contributed by atoms with Crippen molar-refractivity contribution in [2.75, 3.05) is 6.54 Å². The Balaban J connectivity index is 4.24. The molecule has 0 bridgehead atoms. The Morgan fingerprint density at radius 3 is 2.14 bits per heavy atom. The van der Waals surface area contributed by atoms with Gasteiger partial charge in [0.25, 0.3) is 6.43 Å². The van der Waals surface area contributed by atoms with Crippen LogP contribution in [-0.4, -0.2) is 35.5 Å². The van der Waals surface area contributed by atoms with Crippen molar-refractivity contribution in [2.45, 2.75) is 64.3 Å². The van der Waals surface area contributed by atoms with E-state index in [0.717, 1.165) is 25.7 Å². The molecular formula is C14H26F2N2O3. The first-order valence-corrected chi connectivity index (χ1v) is 7.37. The molecule has 0 aliphatic rings. The van der Waals surface area contributed by atoms with Crippen LogP contribution in [0.4, 0.5) is 8.78 Å². The van der Waals surface area contributed by atoms with E-state index in [-0.39, 0.29) is 31.2 Å². The van der Waals surface area contributed by atoms with Crippen molar-refractivity contribution in [2.24, 2.45) is 11.7 Å². The normalized spacial score (nSPS) is 14.2. The zero-order valence-corrected chi connectivity index (χ0v) is 12.7. The second-order valence-electron chi connectivity index (χ2n) is 5.32. The van der Waals surface area contributed by atoms with E-state index in [9.17, 15) is 18.4 Å². The van der Waals surface area contributed by atoms with Gasteiger partial charge >= 0.3 is 5.97 Å². The average molecular weight is 308 g/mol. The first kappa shape index (κ1) is 19.8. The number of amides is 1. The minimum Gasteiger partial charge on any atom is -0.480 e. The van der Waals surface area contributed by atoms with E-state index < -0.39 is 17.9 Å². The third kappa shape index (κ3) is 6.37. The van der Waals surface area contributed by atoms with E-state index in [1.807, 2.05) is 13.8 Å². The van der Waals surface area contributed by atoms with E-state index in [1.165, 1.54) is 0 Å². The van der Waals surface area contributed by atoms with Crippen LogP contribution in [0.2, 0.25) is 0 Å². The summed E-state index contributed by atoms with van der Waals surface area (Å²) in [6.45, 7) is 4.14. The smallest absolute Gasteiger partial charge is 0.329 e. The molecule has 21 heavy (non-hydrogen) atoms. The van der Waals surface area contributed by atoms with Gasteiger partial charge in [-0.15, -0.1) is 0 Å². The maximum atomic E-state index is 12.7. The van der Waals surface area contributed by atoms with Crippen LogP contribution >= 0.6 is 0 Å². The monoisotopic (exact) mass is 308 g/mol. The molecule has 0 radical (unpaired) electrons. The van der Waals surface area contributed by atoms with Crippen molar-refractivity contribution in [1.82, 2.24) is 5.32 Å². The van der Waals surface area contributed by atoms with Crippen molar-refractivity contribution in [3.63, 3.8) is 0 Å². The average Bonchev–Trinajstić information content (AvgIpc) is 2.42. The molecule has 1 amide bonds. The van der Waals surface area contributed by atoms with Gasteiger partial charge in [-0.05, 0) is 25.7 Å². The number of aliphatic carboxylic acids is 1. The summed E-state index contributed by atoms with van der Waals surface area (Å²) in [6.07, 6.45) is -0.0583. The molecule has 4 N–H and O–H groups in total. The van der Waals surface area contributed by atoms with Crippen LogP contribution in [0, 0.1) is 5.92 Å². The van der Waals surface area contributed by atoms with Crippen molar-refractivity contribution in [1.29, 1.82) is 0 Å². The SMILES string of the molecule is CCCC(CCC)C(=O)NCCCC(N)(C(=O)O)C(F)F. The number of carboxylic acid groups (broad SMARTS) is 1. The Hall–Kier alpha value is -1.24. The highest BCUT2D eigenvalue weighted by atomic mass is 19.3. The van der Waals surface area contributed by atoms with Crippen LogP contribution in [0.15, 0.2) is 0 Å². The second kappa shape index (κ2) is 9.65. The molecular weight excluding hydrogens is 282 g/mol. The van der Waals surface area contributed by atoms with Gasteiger partial charge in [0.05, 0.1) is 0 Å². The summed E-state index contributed by atoms with van der Waals surface area (Å²) in [5.74, 6) is -1.90. The molecule has 0 heterocycles. The first-order valence-electron chi connectivity index (χ1n) is 7.37. The van der Waals surface area contributed by atoms with Gasteiger partial charge in [-0.1, -0.05) is 26.7 Å². The molecule has 0 aromatic rings. The predicted octanol–water partition coefficient (Wildman–Crippen LogP) is 2.15. The summed E-state index contributed by atoms with van der Waals surface area (Å²) >= 11 is 0. The fraction of sp³-hybridized carbons (Fsp3) is 0.857. The Labute approximate surface area is 124 Å². The molecule has 0 aliphatic carbocycles.